The number of carbonyl (C=O) groups is 2. The molecule has 0 atom stereocenters. The first-order chi connectivity index (χ1) is 8.29. The average Bonchev–Trinajstić information content (AvgIpc) is 2.25. The van der Waals surface area contributed by atoms with Gasteiger partial charge in [-0.2, -0.15) is 8.42 Å². The van der Waals surface area contributed by atoms with Crippen molar-refractivity contribution in [3.63, 3.8) is 0 Å². The number of para-hydroxylation sites is 1. The lowest BCUT2D eigenvalue weighted by Crippen LogP contribution is -2.29. The van der Waals surface area contributed by atoms with Crippen LogP contribution >= 0.6 is 0 Å². The van der Waals surface area contributed by atoms with Gasteiger partial charge in [-0.1, -0.05) is 12.1 Å². The molecular weight excluding hydrogens is 260 g/mol. The molecule has 7 nitrogen and oxygen atoms in total. The number of hydrogen-bond acceptors (Lipinski definition) is 5. The Morgan fingerprint density at radius 2 is 1.89 bits per heavy atom. The molecule has 0 unspecified atom stereocenters. The van der Waals surface area contributed by atoms with Crippen molar-refractivity contribution < 1.29 is 22.6 Å². The van der Waals surface area contributed by atoms with Crippen molar-refractivity contribution in [1.29, 1.82) is 0 Å². The molecule has 0 aliphatic rings. The fourth-order valence-corrected chi connectivity index (χ4v) is 1.52. The lowest BCUT2D eigenvalue weighted by molar-refractivity contribution is -0.116. The molecule has 1 rings (SSSR count). The standard InChI is InChI=1S/C10H12N2O5S/c1-7(13)6-10(14)8-4-2-3-5-9(8)11-12-18(15,16)17/h2-5,11-12H,6H2,1H3,(H,15,16,17). The van der Waals surface area contributed by atoms with Crippen molar-refractivity contribution in [1.82, 2.24) is 4.83 Å². The summed E-state index contributed by atoms with van der Waals surface area (Å²) < 4.78 is 29.5. The van der Waals surface area contributed by atoms with Crippen LogP contribution in [0.25, 0.3) is 0 Å². The van der Waals surface area contributed by atoms with E-state index in [2.05, 4.69) is 5.43 Å². The highest BCUT2D eigenvalue weighted by Crippen LogP contribution is 2.16. The number of Topliss-reactive ketones (excluding diaryl/α,β-unsaturated/α-hetero) is 2. The smallest absolute Gasteiger partial charge is 0.306 e. The van der Waals surface area contributed by atoms with Gasteiger partial charge in [-0.15, -0.1) is 4.83 Å². The molecule has 0 saturated carbocycles. The van der Waals surface area contributed by atoms with Crippen LogP contribution in [0.2, 0.25) is 0 Å². The minimum absolute atomic E-state index is 0.154. The molecule has 0 radical (unpaired) electrons. The molecule has 1 aromatic rings. The van der Waals surface area contributed by atoms with E-state index in [4.69, 9.17) is 4.55 Å². The largest absolute Gasteiger partial charge is 0.350 e. The Balaban J connectivity index is 2.92. The molecule has 1 aromatic carbocycles. The average molecular weight is 272 g/mol. The maximum absolute atomic E-state index is 11.7. The Kier molecular flexibility index (Phi) is 4.54. The van der Waals surface area contributed by atoms with Gasteiger partial charge in [0.2, 0.25) is 0 Å². The summed E-state index contributed by atoms with van der Waals surface area (Å²) in [5.41, 5.74) is 2.50. The summed E-state index contributed by atoms with van der Waals surface area (Å²) in [6, 6.07) is 6.02. The zero-order valence-corrected chi connectivity index (χ0v) is 10.3. The molecule has 0 amide bonds. The summed E-state index contributed by atoms with van der Waals surface area (Å²) in [5.74, 6) is -0.736. The van der Waals surface area contributed by atoms with Crippen molar-refractivity contribution in [2.24, 2.45) is 0 Å². The molecule has 0 spiro atoms. The highest BCUT2D eigenvalue weighted by Gasteiger charge is 2.13. The van der Waals surface area contributed by atoms with Gasteiger partial charge in [-0.3, -0.25) is 14.1 Å². The maximum Gasteiger partial charge on any atom is 0.350 e. The van der Waals surface area contributed by atoms with Crippen molar-refractivity contribution in [2.45, 2.75) is 13.3 Å². The van der Waals surface area contributed by atoms with Gasteiger partial charge in [0.1, 0.15) is 5.78 Å². The number of carbonyl (C=O) groups excluding carboxylic acids is 2. The second-order valence-corrected chi connectivity index (χ2v) is 4.70. The van der Waals surface area contributed by atoms with Gasteiger partial charge < -0.3 is 5.43 Å². The van der Waals surface area contributed by atoms with Crippen LogP contribution < -0.4 is 10.3 Å². The predicted molar refractivity (Wildman–Crippen MR) is 64.4 cm³/mol. The second kappa shape index (κ2) is 5.71. The second-order valence-electron chi connectivity index (χ2n) is 3.55. The quantitative estimate of drug-likeness (QED) is 0.302. The van der Waals surface area contributed by atoms with Crippen LogP contribution in [0.3, 0.4) is 0 Å². The highest BCUT2D eigenvalue weighted by atomic mass is 32.2. The van der Waals surface area contributed by atoms with Gasteiger partial charge in [0, 0.05) is 5.56 Å². The molecular formula is C10H12N2O5S. The summed E-state index contributed by atoms with van der Waals surface area (Å²) in [6.45, 7) is 1.28. The molecule has 0 bridgehead atoms. The van der Waals surface area contributed by atoms with E-state index >= 15 is 0 Å². The lowest BCUT2D eigenvalue weighted by Gasteiger charge is -2.09. The van der Waals surface area contributed by atoms with E-state index in [1.54, 1.807) is 17.0 Å². The first-order valence-electron chi connectivity index (χ1n) is 4.91. The zero-order valence-electron chi connectivity index (χ0n) is 9.50. The minimum atomic E-state index is -4.43. The number of benzene rings is 1. The van der Waals surface area contributed by atoms with Gasteiger partial charge in [-0.25, -0.2) is 0 Å². The molecule has 0 aliphatic carbocycles. The van der Waals surface area contributed by atoms with Crippen LogP contribution in [0, 0.1) is 0 Å². The third-order valence-electron chi connectivity index (χ3n) is 1.95. The number of rotatable bonds is 6. The number of anilines is 1. The Morgan fingerprint density at radius 1 is 1.28 bits per heavy atom. The Bertz CT molecular complexity index is 567. The minimum Gasteiger partial charge on any atom is -0.306 e. The van der Waals surface area contributed by atoms with E-state index < -0.39 is 16.1 Å². The number of nitrogens with one attached hydrogen (secondary N) is 2. The molecule has 0 aromatic heterocycles. The fraction of sp³-hybridized carbons (Fsp3) is 0.200. The summed E-state index contributed by atoms with van der Waals surface area (Å²) in [5, 5.41) is 0. The van der Waals surface area contributed by atoms with Crippen LogP contribution in [0.15, 0.2) is 24.3 Å². The Labute approximate surface area is 104 Å². The van der Waals surface area contributed by atoms with Gasteiger partial charge in [0.15, 0.2) is 5.78 Å². The Morgan fingerprint density at radius 3 is 2.44 bits per heavy atom. The lowest BCUT2D eigenvalue weighted by atomic mass is 10.0. The maximum atomic E-state index is 11.7. The van der Waals surface area contributed by atoms with Crippen LogP contribution in [-0.4, -0.2) is 24.5 Å². The molecule has 3 N–H and O–H groups in total. The third-order valence-corrected chi connectivity index (χ3v) is 2.31. The molecule has 0 aliphatic heterocycles. The number of hydrazine groups is 1. The zero-order chi connectivity index (χ0) is 13.8. The molecule has 98 valence electrons. The van der Waals surface area contributed by atoms with Gasteiger partial charge in [0.25, 0.3) is 0 Å². The van der Waals surface area contributed by atoms with E-state index in [-0.39, 0.29) is 23.5 Å². The number of ketones is 2. The summed E-state index contributed by atoms with van der Waals surface area (Å²) in [7, 11) is -4.43. The molecule has 8 heteroatoms. The monoisotopic (exact) mass is 272 g/mol. The van der Waals surface area contributed by atoms with Crippen LogP contribution in [-0.2, 0) is 15.1 Å². The van der Waals surface area contributed by atoms with E-state index in [1.807, 2.05) is 0 Å². The van der Waals surface area contributed by atoms with E-state index in [1.165, 1.54) is 19.1 Å². The Hall–Kier alpha value is -1.77. The predicted octanol–water partition coefficient (Wildman–Crippen LogP) is 0.568. The van der Waals surface area contributed by atoms with Crippen LogP contribution in [0.4, 0.5) is 5.69 Å². The third kappa shape index (κ3) is 4.62. The summed E-state index contributed by atoms with van der Waals surface area (Å²) >= 11 is 0. The molecule has 0 fully saturated rings. The van der Waals surface area contributed by atoms with Gasteiger partial charge in [0.05, 0.1) is 12.1 Å². The number of hydrogen-bond donors (Lipinski definition) is 3. The van der Waals surface area contributed by atoms with Crippen LogP contribution in [0.5, 0.6) is 0 Å². The van der Waals surface area contributed by atoms with Crippen LogP contribution in [0.1, 0.15) is 23.7 Å². The summed E-state index contributed by atoms with van der Waals surface area (Å²) in [4.78, 5) is 24.2. The molecule has 18 heavy (non-hydrogen) atoms. The molecule has 0 saturated heterocycles. The van der Waals surface area contributed by atoms with E-state index in [0.29, 0.717) is 0 Å². The van der Waals surface area contributed by atoms with Crippen molar-refractivity contribution in [3.8, 4) is 0 Å². The van der Waals surface area contributed by atoms with Gasteiger partial charge in [-0.05, 0) is 19.1 Å². The highest BCUT2D eigenvalue weighted by molar-refractivity contribution is 7.83. The normalized spacial score (nSPS) is 11.0. The summed E-state index contributed by atoms with van der Waals surface area (Å²) in [6.07, 6.45) is -0.273. The first-order valence-corrected chi connectivity index (χ1v) is 6.35. The van der Waals surface area contributed by atoms with Crippen molar-refractivity contribution in [2.75, 3.05) is 5.43 Å². The van der Waals surface area contributed by atoms with Crippen molar-refractivity contribution >= 4 is 27.6 Å². The van der Waals surface area contributed by atoms with E-state index in [9.17, 15) is 18.0 Å². The topological polar surface area (TPSA) is 113 Å². The molecule has 0 heterocycles. The van der Waals surface area contributed by atoms with E-state index in [0.717, 1.165) is 0 Å². The van der Waals surface area contributed by atoms with Crippen molar-refractivity contribution in [3.05, 3.63) is 29.8 Å². The SMILES string of the molecule is CC(=O)CC(=O)c1ccccc1NNS(=O)(=O)O. The first kappa shape index (κ1) is 14.3. The van der Waals surface area contributed by atoms with Gasteiger partial charge >= 0.3 is 10.3 Å². The fourth-order valence-electron chi connectivity index (χ4n) is 1.28.